The van der Waals surface area contributed by atoms with Gasteiger partial charge in [0.1, 0.15) is 12.4 Å². The van der Waals surface area contributed by atoms with Crippen LogP contribution >= 0.6 is 0 Å². The smallest absolute Gasteiger partial charge is 0.181 e. The third-order valence-electron chi connectivity index (χ3n) is 1.78. The second-order valence-corrected chi connectivity index (χ2v) is 2.77. The minimum absolute atomic E-state index is 0.186. The molecule has 1 heterocycles. The van der Waals surface area contributed by atoms with Gasteiger partial charge in [0.25, 0.3) is 0 Å². The van der Waals surface area contributed by atoms with Crippen molar-refractivity contribution in [2.75, 3.05) is 0 Å². The van der Waals surface area contributed by atoms with Gasteiger partial charge in [-0.1, -0.05) is 0 Å². The summed E-state index contributed by atoms with van der Waals surface area (Å²) in [5, 5.41) is 15.2. The van der Waals surface area contributed by atoms with Crippen molar-refractivity contribution in [1.29, 1.82) is 0 Å². The molecule has 0 unspecified atom stereocenters. The van der Waals surface area contributed by atoms with Crippen molar-refractivity contribution in [3.8, 4) is 11.4 Å². The molecule has 0 aliphatic heterocycles. The van der Waals surface area contributed by atoms with Gasteiger partial charge in [0, 0.05) is 5.56 Å². The Labute approximate surface area is 79.4 Å². The van der Waals surface area contributed by atoms with E-state index in [9.17, 15) is 4.39 Å². The zero-order chi connectivity index (χ0) is 9.97. The minimum Gasteiger partial charge on any atom is -0.388 e. The van der Waals surface area contributed by atoms with Crippen molar-refractivity contribution in [2.45, 2.75) is 6.61 Å². The van der Waals surface area contributed by atoms with Crippen molar-refractivity contribution < 1.29 is 9.50 Å². The topological polar surface area (TPSA) is 61.8 Å². The number of H-pyrrole nitrogens is 1. The van der Waals surface area contributed by atoms with Crippen LogP contribution in [0.2, 0.25) is 0 Å². The SMILES string of the molecule is OCc1nc(-c2ccc(F)cc2)n[nH]1. The van der Waals surface area contributed by atoms with Crippen LogP contribution in [0.5, 0.6) is 0 Å². The van der Waals surface area contributed by atoms with E-state index in [1.54, 1.807) is 12.1 Å². The van der Waals surface area contributed by atoms with Crippen LogP contribution in [0.15, 0.2) is 24.3 Å². The largest absolute Gasteiger partial charge is 0.388 e. The second-order valence-electron chi connectivity index (χ2n) is 2.77. The van der Waals surface area contributed by atoms with Crippen LogP contribution in [-0.4, -0.2) is 20.3 Å². The van der Waals surface area contributed by atoms with Crippen LogP contribution < -0.4 is 0 Å². The summed E-state index contributed by atoms with van der Waals surface area (Å²) in [6, 6.07) is 5.84. The molecule has 5 heteroatoms. The molecule has 0 aliphatic carbocycles. The van der Waals surface area contributed by atoms with E-state index < -0.39 is 0 Å². The van der Waals surface area contributed by atoms with Crippen LogP contribution in [-0.2, 0) is 6.61 Å². The maximum absolute atomic E-state index is 12.6. The van der Waals surface area contributed by atoms with E-state index in [2.05, 4.69) is 15.2 Å². The molecule has 2 rings (SSSR count). The summed E-state index contributed by atoms with van der Waals surface area (Å²) in [5.41, 5.74) is 0.711. The third kappa shape index (κ3) is 1.62. The molecule has 0 atom stereocenters. The fourth-order valence-electron chi connectivity index (χ4n) is 1.09. The number of rotatable bonds is 2. The number of aromatic amines is 1. The maximum atomic E-state index is 12.6. The van der Waals surface area contributed by atoms with Crippen LogP contribution in [0.3, 0.4) is 0 Å². The van der Waals surface area contributed by atoms with E-state index in [4.69, 9.17) is 5.11 Å². The monoisotopic (exact) mass is 193 g/mol. The number of aliphatic hydroxyl groups excluding tert-OH is 1. The lowest BCUT2D eigenvalue weighted by molar-refractivity contribution is 0.272. The summed E-state index contributed by atoms with van der Waals surface area (Å²) >= 11 is 0. The van der Waals surface area contributed by atoms with Gasteiger partial charge in [-0.05, 0) is 24.3 Å². The van der Waals surface area contributed by atoms with Crippen molar-refractivity contribution >= 4 is 0 Å². The van der Waals surface area contributed by atoms with Gasteiger partial charge in [0.2, 0.25) is 0 Å². The summed E-state index contributed by atoms with van der Waals surface area (Å²) in [7, 11) is 0. The molecule has 0 spiro atoms. The van der Waals surface area contributed by atoms with E-state index in [1.807, 2.05) is 0 Å². The number of nitrogens with one attached hydrogen (secondary N) is 1. The summed E-state index contributed by atoms with van der Waals surface area (Å²) in [5.74, 6) is 0.546. The van der Waals surface area contributed by atoms with Gasteiger partial charge in [-0.3, -0.25) is 5.10 Å². The average molecular weight is 193 g/mol. The number of hydrogen-bond donors (Lipinski definition) is 2. The fraction of sp³-hybridized carbons (Fsp3) is 0.111. The predicted octanol–water partition coefficient (Wildman–Crippen LogP) is 1.10. The van der Waals surface area contributed by atoms with Crippen LogP contribution in [0.4, 0.5) is 4.39 Å². The molecular weight excluding hydrogens is 185 g/mol. The standard InChI is InChI=1S/C9H8FN3O/c10-7-3-1-6(2-4-7)9-11-8(5-14)12-13-9/h1-4,14H,5H2,(H,11,12,13). The van der Waals surface area contributed by atoms with Gasteiger partial charge in [0.15, 0.2) is 11.6 Å². The number of aromatic nitrogens is 3. The van der Waals surface area contributed by atoms with E-state index in [1.165, 1.54) is 12.1 Å². The molecule has 0 saturated carbocycles. The molecule has 0 aliphatic rings. The number of nitrogens with zero attached hydrogens (tertiary/aromatic N) is 2. The Morgan fingerprint density at radius 1 is 1.29 bits per heavy atom. The molecule has 0 radical (unpaired) electrons. The Kier molecular flexibility index (Phi) is 2.24. The fourth-order valence-corrected chi connectivity index (χ4v) is 1.09. The summed E-state index contributed by atoms with van der Waals surface area (Å²) < 4.78 is 12.6. The van der Waals surface area contributed by atoms with E-state index in [0.29, 0.717) is 17.2 Å². The van der Waals surface area contributed by atoms with Crippen LogP contribution in [0, 0.1) is 5.82 Å². The molecule has 72 valence electrons. The van der Waals surface area contributed by atoms with Crippen molar-refractivity contribution in [3.63, 3.8) is 0 Å². The zero-order valence-electron chi connectivity index (χ0n) is 7.24. The maximum Gasteiger partial charge on any atom is 0.181 e. The first-order chi connectivity index (χ1) is 6.79. The molecule has 14 heavy (non-hydrogen) atoms. The van der Waals surface area contributed by atoms with Gasteiger partial charge in [-0.15, -0.1) is 0 Å². The van der Waals surface area contributed by atoms with Gasteiger partial charge >= 0.3 is 0 Å². The first-order valence-electron chi connectivity index (χ1n) is 4.07. The molecule has 2 N–H and O–H groups in total. The lowest BCUT2D eigenvalue weighted by Gasteiger charge is -1.93. The van der Waals surface area contributed by atoms with E-state index in [-0.39, 0.29) is 12.4 Å². The molecule has 4 nitrogen and oxygen atoms in total. The Hall–Kier alpha value is -1.75. The lowest BCUT2D eigenvalue weighted by Crippen LogP contribution is -1.84. The number of benzene rings is 1. The highest BCUT2D eigenvalue weighted by molar-refractivity contribution is 5.53. The van der Waals surface area contributed by atoms with E-state index >= 15 is 0 Å². The highest BCUT2D eigenvalue weighted by atomic mass is 19.1. The van der Waals surface area contributed by atoms with Gasteiger partial charge in [-0.2, -0.15) is 5.10 Å². The predicted molar refractivity (Wildman–Crippen MR) is 47.7 cm³/mol. The lowest BCUT2D eigenvalue weighted by atomic mass is 10.2. The normalized spacial score (nSPS) is 10.4. The van der Waals surface area contributed by atoms with Gasteiger partial charge in [-0.25, -0.2) is 9.37 Å². The Morgan fingerprint density at radius 3 is 2.57 bits per heavy atom. The van der Waals surface area contributed by atoms with Crippen LogP contribution in [0.1, 0.15) is 5.82 Å². The zero-order valence-corrected chi connectivity index (χ0v) is 7.24. The van der Waals surface area contributed by atoms with Gasteiger partial charge < -0.3 is 5.11 Å². The Morgan fingerprint density at radius 2 is 2.00 bits per heavy atom. The molecule has 1 aromatic carbocycles. The van der Waals surface area contributed by atoms with Crippen molar-refractivity contribution in [1.82, 2.24) is 15.2 Å². The van der Waals surface area contributed by atoms with Crippen molar-refractivity contribution in [2.24, 2.45) is 0 Å². The highest BCUT2D eigenvalue weighted by Gasteiger charge is 2.04. The summed E-state index contributed by atoms with van der Waals surface area (Å²) in [6.07, 6.45) is 0. The minimum atomic E-state index is -0.299. The molecule has 0 amide bonds. The first-order valence-corrected chi connectivity index (χ1v) is 4.07. The average Bonchev–Trinajstić information content (AvgIpc) is 2.67. The molecule has 1 aromatic heterocycles. The van der Waals surface area contributed by atoms with Crippen molar-refractivity contribution in [3.05, 3.63) is 35.9 Å². The summed E-state index contributed by atoms with van der Waals surface area (Å²) in [4.78, 5) is 3.99. The van der Waals surface area contributed by atoms with Gasteiger partial charge in [0.05, 0.1) is 0 Å². The molecular formula is C9H8FN3O. The quantitative estimate of drug-likeness (QED) is 0.750. The number of aliphatic hydroxyl groups is 1. The number of hydrogen-bond acceptors (Lipinski definition) is 3. The second kappa shape index (κ2) is 3.55. The van der Waals surface area contributed by atoms with E-state index in [0.717, 1.165) is 0 Å². The molecule has 0 fully saturated rings. The summed E-state index contributed by atoms with van der Waals surface area (Å²) in [6.45, 7) is -0.186. The third-order valence-corrected chi connectivity index (χ3v) is 1.78. The first kappa shape index (κ1) is 8.83. The molecule has 0 bridgehead atoms. The highest BCUT2D eigenvalue weighted by Crippen LogP contribution is 2.14. The molecule has 2 aromatic rings. The van der Waals surface area contributed by atoms with Crippen LogP contribution in [0.25, 0.3) is 11.4 Å². The Bertz CT molecular complexity index is 424. The molecule has 0 saturated heterocycles. The Balaban J connectivity index is 2.34. The number of halogens is 1.